The molecule has 1 heterocycles. The summed E-state index contributed by atoms with van der Waals surface area (Å²) in [6.45, 7) is 7.97. The number of benzene rings is 1. The maximum Gasteiger partial charge on any atom is 0.255 e. The summed E-state index contributed by atoms with van der Waals surface area (Å²) >= 11 is 1.79. The summed E-state index contributed by atoms with van der Waals surface area (Å²) in [5.41, 5.74) is 1.51. The Kier molecular flexibility index (Phi) is 6.19. The molecule has 2 atom stereocenters. The molecule has 1 N–H and O–H groups in total. The van der Waals surface area contributed by atoms with Crippen LogP contribution in [0.2, 0.25) is 0 Å². The molecule has 3 rings (SSSR count). The molecule has 0 spiro atoms. The van der Waals surface area contributed by atoms with Crippen LogP contribution in [0.25, 0.3) is 0 Å². The van der Waals surface area contributed by atoms with E-state index in [9.17, 15) is 9.59 Å². The molecule has 148 valence electrons. The quantitative estimate of drug-likeness (QED) is 0.836. The molecule has 2 aliphatic rings. The molecule has 4 nitrogen and oxygen atoms in total. The number of nitrogens with one attached hydrogen (secondary N) is 1. The summed E-state index contributed by atoms with van der Waals surface area (Å²) in [5, 5.41) is 3.19. The largest absolute Gasteiger partial charge is 0.350 e. The third-order valence-electron chi connectivity index (χ3n) is 5.42. The zero-order valence-corrected chi connectivity index (χ0v) is 17.8. The molecule has 1 aliphatic carbocycles. The first-order chi connectivity index (χ1) is 12.8. The fraction of sp³-hybridized carbons (Fsp3) is 0.636. The van der Waals surface area contributed by atoms with Crippen LogP contribution < -0.4 is 5.32 Å². The van der Waals surface area contributed by atoms with Gasteiger partial charge >= 0.3 is 0 Å². The maximum atomic E-state index is 13.4. The van der Waals surface area contributed by atoms with Crippen molar-refractivity contribution in [2.45, 2.75) is 76.8 Å². The van der Waals surface area contributed by atoms with E-state index < -0.39 is 6.04 Å². The Morgan fingerprint density at radius 3 is 2.30 bits per heavy atom. The van der Waals surface area contributed by atoms with E-state index in [0.29, 0.717) is 17.2 Å². The number of thioether (sulfide) groups is 1. The van der Waals surface area contributed by atoms with Gasteiger partial charge < -0.3 is 10.2 Å². The lowest BCUT2D eigenvalue weighted by Gasteiger charge is -2.36. The maximum absolute atomic E-state index is 13.4. The standard InChI is InChI=1S/C22H32N2O2S/c1-15-10-12-16(13-11-15)20(26)24-18(19(25)23-22(2,3)4)14-27-21(24)17-8-6-5-7-9-17/h10-13,17-18,21H,5-9,14H2,1-4H3,(H,23,25)/t18-,21-/m0/s1. The topological polar surface area (TPSA) is 49.4 Å². The van der Waals surface area contributed by atoms with Crippen molar-refractivity contribution in [2.75, 3.05) is 5.75 Å². The van der Waals surface area contributed by atoms with Crippen LogP contribution in [0.4, 0.5) is 0 Å². The van der Waals surface area contributed by atoms with Crippen molar-refractivity contribution in [2.24, 2.45) is 5.92 Å². The second kappa shape index (κ2) is 8.26. The molecule has 1 aliphatic heterocycles. The minimum absolute atomic E-state index is 0.00960. The van der Waals surface area contributed by atoms with Crippen LogP contribution in [0, 0.1) is 12.8 Å². The number of carbonyl (C=O) groups is 2. The van der Waals surface area contributed by atoms with E-state index >= 15 is 0 Å². The van der Waals surface area contributed by atoms with Crippen LogP contribution in [0.3, 0.4) is 0 Å². The molecular formula is C22H32N2O2S. The van der Waals surface area contributed by atoms with Gasteiger partial charge in [-0.3, -0.25) is 9.59 Å². The Morgan fingerprint density at radius 1 is 1.07 bits per heavy atom. The van der Waals surface area contributed by atoms with Crippen LogP contribution in [0.15, 0.2) is 24.3 Å². The summed E-state index contributed by atoms with van der Waals surface area (Å²) in [5.74, 6) is 1.13. The van der Waals surface area contributed by atoms with E-state index in [4.69, 9.17) is 0 Å². The molecule has 1 aromatic carbocycles. The zero-order chi connectivity index (χ0) is 19.6. The van der Waals surface area contributed by atoms with E-state index in [2.05, 4.69) is 5.32 Å². The number of amides is 2. The Bertz CT molecular complexity index is 675. The molecule has 5 heteroatoms. The average Bonchev–Trinajstić information content (AvgIpc) is 3.06. The van der Waals surface area contributed by atoms with Crippen molar-refractivity contribution >= 4 is 23.6 Å². The Morgan fingerprint density at radius 2 is 1.70 bits per heavy atom. The van der Waals surface area contributed by atoms with Crippen LogP contribution in [0.5, 0.6) is 0 Å². The van der Waals surface area contributed by atoms with Crippen molar-refractivity contribution in [1.29, 1.82) is 0 Å². The molecule has 0 aromatic heterocycles. The molecule has 0 bridgehead atoms. The fourth-order valence-corrected chi connectivity index (χ4v) is 5.71. The summed E-state index contributed by atoms with van der Waals surface area (Å²) in [6, 6.07) is 7.32. The van der Waals surface area contributed by atoms with Crippen molar-refractivity contribution in [3.8, 4) is 0 Å². The highest BCUT2D eigenvalue weighted by atomic mass is 32.2. The Balaban J connectivity index is 1.87. The van der Waals surface area contributed by atoms with Gasteiger partial charge in [0.15, 0.2) is 0 Å². The number of hydrogen-bond donors (Lipinski definition) is 1. The van der Waals surface area contributed by atoms with Gasteiger partial charge in [-0.1, -0.05) is 37.0 Å². The number of hydrogen-bond acceptors (Lipinski definition) is 3. The lowest BCUT2D eigenvalue weighted by Crippen LogP contribution is -2.54. The predicted octanol–water partition coefficient (Wildman–Crippen LogP) is 4.37. The highest BCUT2D eigenvalue weighted by Crippen LogP contribution is 2.41. The first kappa shape index (κ1) is 20.2. The highest BCUT2D eigenvalue weighted by molar-refractivity contribution is 8.00. The Labute approximate surface area is 167 Å². The monoisotopic (exact) mass is 388 g/mol. The number of carbonyl (C=O) groups excluding carboxylic acids is 2. The number of nitrogens with zero attached hydrogens (tertiary/aromatic N) is 1. The molecule has 2 fully saturated rings. The van der Waals surface area contributed by atoms with Gasteiger partial charge in [-0.25, -0.2) is 0 Å². The lowest BCUT2D eigenvalue weighted by molar-refractivity contribution is -0.126. The summed E-state index contributed by atoms with van der Waals surface area (Å²) < 4.78 is 0. The molecule has 1 aromatic rings. The van der Waals surface area contributed by atoms with Crippen molar-refractivity contribution in [1.82, 2.24) is 10.2 Å². The summed E-state index contributed by atoms with van der Waals surface area (Å²) in [7, 11) is 0. The smallest absolute Gasteiger partial charge is 0.255 e. The van der Waals surface area contributed by atoms with E-state index in [1.165, 1.54) is 19.3 Å². The second-order valence-corrected chi connectivity index (χ2v) is 10.1. The van der Waals surface area contributed by atoms with Crippen LogP contribution in [0.1, 0.15) is 68.8 Å². The molecule has 1 saturated carbocycles. The van der Waals surface area contributed by atoms with E-state index in [1.54, 1.807) is 11.8 Å². The van der Waals surface area contributed by atoms with Crippen molar-refractivity contribution in [3.05, 3.63) is 35.4 Å². The number of aryl methyl sites for hydroxylation is 1. The minimum Gasteiger partial charge on any atom is -0.350 e. The van der Waals surface area contributed by atoms with Gasteiger partial charge in [0.05, 0.1) is 5.37 Å². The molecular weight excluding hydrogens is 356 g/mol. The molecule has 0 radical (unpaired) electrons. The minimum atomic E-state index is -0.394. The van der Waals surface area contributed by atoms with Gasteiger partial charge in [0.25, 0.3) is 5.91 Å². The van der Waals surface area contributed by atoms with Crippen LogP contribution in [-0.4, -0.2) is 39.4 Å². The van der Waals surface area contributed by atoms with E-state index in [1.807, 2.05) is 56.9 Å². The van der Waals surface area contributed by atoms with Gasteiger partial charge in [-0.15, -0.1) is 11.8 Å². The van der Waals surface area contributed by atoms with Gasteiger partial charge in [0, 0.05) is 16.9 Å². The summed E-state index contributed by atoms with van der Waals surface area (Å²) in [4.78, 5) is 28.3. The molecule has 2 amide bonds. The van der Waals surface area contributed by atoms with E-state index in [0.717, 1.165) is 18.4 Å². The van der Waals surface area contributed by atoms with Crippen molar-refractivity contribution < 1.29 is 9.59 Å². The third kappa shape index (κ3) is 4.87. The SMILES string of the molecule is Cc1ccc(C(=O)N2[C@H](C(=O)NC(C)(C)C)CS[C@H]2C2CCCCC2)cc1. The second-order valence-electron chi connectivity index (χ2n) is 8.96. The normalized spacial score (nSPS) is 24.1. The van der Waals surface area contributed by atoms with Gasteiger partial charge in [-0.2, -0.15) is 0 Å². The van der Waals surface area contributed by atoms with Gasteiger partial charge in [0.2, 0.25) is 5.91 Å². The van der Waals surface area contributed by atoms with E-state index in [-0.39, 0.29) is 22.7 Å². The molecule has 27 heavy (non-hydrogen) atoms. The average molecular weight is 389 g/mol. The van der Waals surface area contributed by atoms with Crippen molar-refractivity contribution in [3.63, 3.8) is 0 Å². The molecule has 0 unspecified atom stereocenters. The number of rotatable bonds is 3. The molecule has 1 saturated heterocycles. The third-order valence-corrected chi connectivity index (χ3v) is 6.88. The zero-order valence-electron chi connectivity index (χ0n) is 17.0. The van der Waals surface area contributed by atoms with Gasteiger partial charge in [-0.05, 0) is 58.6 Å². The lowest BCUT2D eigenvalue weighted by atomic mass is 9.88. The van der Waals surface area contributed by atoms with Crippen LogP contribution in [-0.2, 0) is 4.79 Å². The summed E-state index contributed by atoms with van der Waals surface area (Å²) in [6.07, 6.45) is 6.06. The highest BCUT2D eigenvalue weighted by Gasteiger charge is 2.45. The first-order valence-corrected chi connectivity index (χ1v) is 11.1. The fourth-order valence-electron chi connectivity index (χ4n) is 4.07. The predicted molar refractivity (Wildman–Crippen MR) is 112 cm³/mol. The van der Waals surface area contributed by atoms with Crippen LogP contribution >= 0.6 is 11.8 Å². The Hall–Kier alpha value is -1.49. The first-order valence-electron chi connectivity index (χ1n) is 10.1. The van der Waals surface area contributed by atoms with Gasteiger partial charge in [0.1, 0.15) is 6.04 Å².